The Morgan fingerprint density at radius 1 is 1.15 bits per heavy atom. The molecule has 0 bridgehead atoms. The third kappa shape index (κ3) is 4.44. The zero-order valence-corrected chi connectivity index (χ0v) is 13.2. The maximum atomic E-state index is 9.50. The second-order valence-corrected chi connectivity index (χ2v) is 5.90. The molecule has 0 unspecified atom stereocenters. The SMILES string of the molecule is Cc1ccc(CN[C@H](CO)Cc2ccccc2)c(Br)c1. The predicted octanol–water partition coefficient (Wildman–Crippen LogP) is 3.45. The summed E-state index contributed by atoms with van der Waals surface area (Å²) in [6, 6.07) is 16.6. The minimum absolute atomic E-state index is 0.0746. The molecular formula is C17H20BrNO. The molecule has 0 radical (unpaired) electrons. The predicted molar refractivity (Wildman–Crippen MR) is 86.7 cm³/mol. The van der Waals surface area contributed by atoms with Crippen LogP contribution in [0.2, 0.25) is 0 Å². The molecule has 0 heterocycles. The third-order valence-electron chi connectivity index (χ3n) is 3.34. The number of hydrogen-bond acceptors (Lipinski definition) is 2. The molecule has 0 amide bonds. The average molecular weight is 334 g/mol. The molecular weight excluding hydrogens is 314 g/mol. The Morgan fingerprint density at radius 3 is 2.55 bits per heavy atom. The number of aliphatic hydroxyl groups excluding tert-OH is 1. The van der Waals surface area contributed by atoms with E-state index in [1.807, 2.05) is 18.2 Å². The first-order valence-electron chi connectivity index (χ1n) is 6.82. The molecule has 0 aromatic heterocycles. The van der Waals surface area contributed by atoms with Gasteiger partial charge in [0.15, 0.2) is 0 Å². The topological polar surface area (TPSA) is 32.3 Å². The molecule has 2 nitrogen and oxygen atoms in total. The van der Waals surface area contributed by atoms with Gasteiger partial charge >= 0.3 is 0 Å². The zero-order valence-electron chi connectivity index (χ0n) is 11.6. The molecule has 0 fully saturated rings. The Morgan fingerprint density at radius 2 is 1.90 bits per heavy atom. The van der Waals surface area contributed by atoms with E-state index in [1.165, 1.54) is 16.7 Å². The molecule has 0 aliphatic rings. The van der Waals surface area contributed by atoms with Crippen molar-refractivity contribution in [2.75, 3.05) is 6.61 Å². The number of nitrogens with one attached hydrogen (secondary N) is 1. The lowest BCUT2D eigenvalue weighted by Gasteiger charge is -2.17. The van der Waals surface area contributed by atoms with Crippen LogP contribution in [0, 0.1) is 6.92 Å². The summed E-state index contributed by atoms with van der Waals surface area (Å²) in [6.45, 7) is 2.96. The van der Waals surface area contributed by atoms with Gasteiger partial charge in [0.25, 0.3) is 0 Å². The van der Waals surface area contributed by atoms with Crippen LogP contribution in [0.25, 0.3) is 0 Å². The molecule has 0 aliphatic carbocycles. The fraction of sp³-hybridized carbons (Fsp3) is 0.294. The van der Waals surface area contributed by atoms with Gasteiger partial charge in [0, 0.05) is 17.1 Å². The zero-order chi connectivity index (χ0) is 14.4. The van der Waals surface area contributed by atoms with E-state index in [1.54, 1.807) is 0 Å². The van der Waals surface area contributed by atoms with Crippen molar-refractivity contribution in [3.8, 4) is 0 Å². The maximum Gasteiger partial charge on any atom is 0.0587 e. The van der Waals surface area contributed by atoms with Crippen LogP contribution in [0.1, 0.15) is 16.7 Å². The van der Waals surface area contributed by atoms with Crippen molar-refractivity contribution < 1.29 is 5.11 Å². The van der Waals surface area contributed by atoms with Crippen LogP contribution < -0.4 is 5.32 Å². The van der Waals surface area contributed by atoms with Gasteiger partial charge < -0.3 is 10.4 Å². The molecule has 3 heteroatoms. The molecule has 20 heavy (non-hydrogen) atoms. The van der Waals surface area contributed by atoms with Crippen LogP contribution in [0.3, 0.4) is 0 Å². The smallest absolute Gasteiger partial charge is 0.0587 e. The fourth-order valence-corrected chi connectivity index (χ4v) is 2.78. The van der Waals surface area contributed by atoms with Crippen molar-refractivity contribution in [2.24, 2.45) is 0 Å². The molecule has 106 valence electrons. The summed E-state index contributed by atoms with van der Waals surface area (Å²) >= 11 is 3.58. The van der Waals surface area contributed by atoms with Crippen LogP contribution in [-0.2, 0) is 13.0 Å². The summed E-state index contributed by atoms with van der Waals surface area (Å²) in [6.07, 6.45) is 0.834. The van der Waals surface area contributed by atoms with Crippen LogP contribution in [0.15, 0.2) is 53.0 Å². The lowest BCUT2D eigenvalue weighted by atomic mass is 10.1. The highest BCUT2D eigenvalue weighted by atomic mass is 79.9. The Hall–Kier alpha value is -1.16. The first-order chi connectivity index (χ1) is 9.69. The van der Waals surface area contributed by atoms with Crippen LogP contribution in [0.5, 0.6) is 0 Å². The number of aryl methyl sites for hydroxylation is 1. The summed E-state index contributed by atoms with van der Waals surface area (Å²) in [5, 5.41) is 12.9. The van der Waals surface area contributed by atoms with Crippen molar-refractivity contribution in [2.45, 2.75) is 25.9 Å². The van der Waals surface area contributed by atoms with E-state index >= 15 is 0 Å². The Balaban J connectivity index is 1.93. The first kappa shape index (κ1) is 15.2. The lowest BCUT2D eigenvalue weighted by Crippen LogP contribution is -2.34. The Kier molecular flexibility index (Phi) is 5.77. The van der Waals surface area contributed by atoms with Gasteiger partial charge in [-0.15, -0.1) is 0 Å². The van der Waals surface area contributed by atoms with E-state index in [0.29, 0.717) is 0 Å². The standard InChI is InChI=1S/C17H20BrNO/c1-13-7-8-15(17(18)9-13)11-19-16(12-20)10-14-5-3-2-4-6-14/h2-9,16,19-20H,10-12H2,1H3/t16-/m0/s1. The van der Waals surface area contributed by atoms with Crippen LogP contribution in [-0.4, -0.2) is 17.8 Å². The maximum absolute atomic E-state index is 9.50. The van der Waals surface area contributed by atoms with Crippen LogP contribution in [0.4, 0.5) is 0 Å². The van der Waals surface area contributed by atoms with Crippen molar-refractivity contribution in [3.63, 3.8) is 0 Å². The quantitative estimate of drug-likeness (QED) is 0.848. The van der Waals surface area contributed by atoms with Gasteiger partial charge in [-0.1, -0.05) is 58.4 Å². The molecule has 0 saturated heterocycles. The van der Waals surface area contributed by atoms with E-state index in [9.17, 15) is 5.11 Å². The van der Waals surface area contributed by atoms with Gasteiger partial charge in [0.2, 0.25) is 0 Å². The summed E-state index contributed by atoms with van der Waals surface area (Å²) in [4.78, 5) is 0. The number of aliphatic hydroxyl groups is 1. The minimum Gasteiger partial charge on any atom is -0.395 e. The second kappa shape index (κ2) is 7.58. The van der Waals surface area contributed by atoms with Crippen molar-refractivity contribution in [3.05, 3.63) is 69.7 Å². The third-order valence-corrected chi connectivity index (χ3v) is 4.07. The summed E-state index contributed by atoms with van der Waals surface area (Å²) in [5.41, 5.74) is 3.69. The average Bonchev–Trinajstić information content (AvgIpc) is 2.46. The van der Waals surface area contributed by atoms with Crippen molar-refractivity contribution in [1.29, 1.82) is 0 Å². The molecule has 2 aromatic carbocycles. The molecule has 2 rings (SSSR count). The number of hydrogen-bond donors (Lipinski definition) is 2. The fourth-order valence-electron chi connectivity index (χ4n) is 2.15. The van der Waals surface area contributed by atoms with Gasteiger partial charge in [-0.25, -0.2) is 0 Å². The summed E-state index contributed by atoms with van der Waals surface area (Å²) in [7, 11) is 0. The monoisotopic (exact) mass is 333 g/mol. The first-order valence-corrected chi connectivity index (χ1v) is 7.61. The Bertz CT molecular complexity index is 542. The highest BCUT2D eigenvalue weighted by molar-refractivity contribution is 9.10. The molecule has 2 N–H and O–H groups in total. The molecule has 1 atom stereocenters. The molecule has 0 saturated carbocycles. The highest BCUT2D eigenvalue weighted by Crippen LogP contribution is 2.18. The number of halogens is 1. The van der Waals surface area contributed by atoms with Gasteiger partial charge in [0.05, 0.1) is 6.61 Å². The van der Waals surface area contributed by atoms with Gasteiger partial charge in [-0.3, -0.25) is 0 Å². The van der Waals surface area contributed by atoms with E-state index in [0.717, 1.165) is 17.4 Å². The minimum atomic E-state index is 0.0746. The van der Waals surface area contributed by atoms with Gasteiger partial charge in [-0.05, 0) is 36.1 Å². The Labute approximate surface area is 129 Å². The van der Waals surface area contributed by atoms with Gasteiger partial charge in [0.1, 0.15) is 0 Å². The molecule has 2 aromatic rings. The normalized spacial score (nSPS) is 12.3. The van der Waals surface area contributed by atoms with E-state index < -0.39 is 0 Å². The largest absolute Gasteiger partial charge is 0.395 e. The number of rotatable bonds is 6. The van der Waals surface area contributed by atoms with E-state index in [2.05, 4.69) is 58.5 Å². The van der Waals surface area contributed by atoms with Gasteiger partial charge in [-0.2, -0.15) is 0 Å². The second-order valence-electron chi connectivity index (χ2n) is 5.04. The van der Waals surface area contributed by atoms with Crippen molar-refractivity contribution in [1.82, 2.24) is 5.32 Å². The van der Waals surface area contributed by atoms with Crippen LogP contribution >= 0.6 is 15.9 Å². The van der Waals surface area contributed by atoms with E-state index in [4.69, 9.17) is 0 Å². The summed E-state index contributed by atoms with van der Waals surface area (Å²) < 4.78 is 1.11. The highest BCUT2D eigenvalue weighted by Gasteiger charge is 2.09. The van der Waals surface area contributed by atoms with Crippen molar-refractivity contribution >= 4 is 15.9 Å². The molecule has 0 aliphatic heterocycles. The summed E-state index contributed by atoms with van der Waals surface area (Å²) in [5.74, 6) is 0. The molecule has 0 spiro atoms. The van der Waals surface area contributed by atoms with E-state index in [-0.39, 0.29) is 12.6 Å². The number of benzene rings is 2. The lowest BCUT2D eigenvalue weighted by molar-refractivity contribution is 0.240.